The molecule has 0 amide bonds. The Bertz CT molecular complexity index is 1010. The number of hydrogen-bond donors (Lipinski definition) is 0. The van der Waals surface area contributed by atoms with E-state index in [1.165, 1.54) is 24.0 Å². The van der Waals surface area contributed by atoms with Crippen LogP contribution in [0.25, 0.3) is 5.69 Å². The summed E-state index contributed by atoms with van der Waals surface area (Å²) in [5.74, 6) is 0.639. The van der Waals surface area contributed by atoms with Crippen molar-refractivity contribution in [1.29, 1.82) is 0 Å². The van der Waals surface area contributed by atoms with Crippen molar-refractivity contribution in [1.82, 2.24) is 13.9 Å². The van der Waals surface area contributed by atoms with Gasteiger partial charge in [-0.2, -0.15) is 0 Å². The van der Waals surface area contributed by atoms with Gasteiger partial charge < -0.3 is 0 Å². The second-order valence-electron chi connectivity index (χ2n) is 6.09. The Balaban J connectivity index is 1.82. The number of thioether (sulfide) groups is 1. The van der Waals surface area contributed by atoms with E-state index in [1.54, 1.807) is 36.2 Å². The van der Waals surface area contributed by atoms with Gasteiger partial charge in [0, 0.05) is 32.2 Å². The highest BCUT2D eigenvalue weighted by molar-refractivity contribution is 7.98. The molecule has 0 bridgehead atoms. The van der Waals surface area contributed by atoms with Crippen molar-refractivity contribution in [3.63, 3.8) is 0 Å². The van der Waals surface area contributed by atoms with Gasteiger partial charge in [0.25, 0.3) is 0 Å². The maximum absolute atomic E-state index is 12.3. The molecule has 1 heterocycles. The Labute approximate surface area is 158 Å². The fourth-order valence-corrected chi connectivity index (χ4v) is 4.45. The van der Waals surface area contributed by atoms with Gasteiger partial charge in [0.05, 0.1) is 10.6 Å². The highest BCUT2D eigenvalue weighted by atomic mass is 32.2. The van der Waals surface area contributed by atoms with Crippen LogP contribution in [0.2, 0.25) is 0 Å². The van der Waals surface area contributed by atoms with Crippen LogP contribution in [-0.4, -0.2) is 36.4 Å². The summed E-state index contributed by atoms with van der Waals surface area (Å²) in [4.78, 5) is 4.76. The van der Waals surface area contributed by atoms with E-state index in [-0.39, 0.29) is 0 Å². The lowest BCUT2D eigenvalue weighted by atomic mass is 10.2. The maximum Gasteiger partial charge on any atom is 0.242 e. The number of hydrogen-bond acceptors (Lipinski definition) is 4. The minimum absolute atomic E-state index is 0.308. The highest BCUT2D eigenvalue weighted by Gasteiger charge is 2.17. The van der Waals surface area contributed by atoms with Gasteiger partial charge in [0.1, 0.15) is 0 Å². The van der Waals surface area contributed by atoms with E-state index in [0.29, 0.717) is 10.6 Å². The molecule has 26 heavy (non-hydrogen) atoms. The van der Waals surface area contributed by atoms with Crippen molar-refractivity contribution >= 4 is 21.8 Å². The zero-order chi connectivity index (χ0) is 18.7. The highest BCUT2D eigenvalue weighted by Crippen LogP contribution is 2.26. The van der Waals surface area contributed by atoms with Crippen LogP contribution >= 0.6 is 11.8 Å². The average Bonchev–Trinajstić information content (AvgIpc) is 3.09. The van der Waals surface area contributed by atoms with Crippen molar-refractivity contribution in [3.05, 3.63) is 72.1 Å². The van der Waals surface area contributed by atoms with Crippen LogP contribution in [0, 0.1) is 6.92 Å². The molecule has 0 saturated heterocycles. The van der Waals surface area contributed by atoms with E-state index in [2.05, 4.69) is 28.6 Å². The first-order valence-electron chi connectivity index (χ1n) is 8.13. The Hall–Kier alpha value is -2.09. The number of aryl methyl sites for hydroxylation is 1. The lowest BCUT2D eigenvalue weighted by Crippen LogP contribution is -2.22. The van der Waals surface area contributed by atoms with E-state index in [1.807, 2.05) is 24.4 Å². The number of nitrogens with zero attached hydrogens (tertiary/aromatic N) is 3. The third kappa shape index (κ3) is 3.85. The van der Waals surface area contributed by atoms with Crippen LogP contribution in [0.15, 0.2) is 71.0 Å². The molecule has 0 saturated carbocycles. The van der Waals surface area contributed by atoms with Crippen LogP contribution in [-0.2, 0) is 15.8 Å². The summed E-state index contributed by atoms with van der Waals surface area (Å²) in [7, 11) is -0.350. The normalized spacial score (nSPS) is 11.8. The second-order valence-corrected chi connectivity index (χ2v) is 9.18. The molecule has 1 aromatic heterocycles. The molecular formula is C19H21N3O2S2. The molecule has 3 rings (SSSR count). The SMILES string of the molecule is Cc1ccccc1-n1ccnc1SCc1cccc(S(=O)(=O)N(C)C)c1. The monoisotopic (exact) mass is 387 g/mol. The van der Waals surface area contributed by atoms with Gasteiger partial charge in [0.2, 0.25) is 10.0 Å². The first-order chi connectivity index (χ1) is 12.4. The van der Waals surface area contributed by atoms with Crippen LogP contribution in [0.1, 0.15) is 11.1 Å². The molecule has 0 unspecified atom stereocenters. The van der Waals surface area contributed by atoms with Crippen molar-refractivity contribution in [2.45, 2.75) is 22.7 Å². The Morgan fingerprint density at radius 1 is 1.12 bits per heavy atom. The van der Waals surface area contributed by atoms with Gasteiger partial charge in [-0.3, -0.25) is 4.57 Å². The van der Waals surface area contributed by atoms with Crippen molar-refractivity contribution in [2.24, 2.45) is 0 Å². The molecule has 3 aromatic rings. The van der Waals surface area contributed by atoms with Gasteiger partial charge in [-0.15, -0.1) is 0 Å². The lowest BCUT2D eigenvalue weighted by Gasteiger charge is -2.13. The number of benzene rings is 2. The number of aromatic nitrogens is 2. The molecular weight excluding hydrogens is 366 g/mol. The molecule has 0 N–H and O–H groups in total. The zero-order valence-corrected chi connectivity index (χ0v) is 16.6. The summed E-state index contributed by atoms with van der Waals surface area (Å²) >= 11 is 1.58. The summed E-state index contributed by atoms with van der Waals surface area (Å²) in [5, 5.41) is 0.875. The summed E-state index contributed by atoms with van der Waals surface area (Å²) in [6.45, 7) is 2.07. The molecule has 0 spiro atoms. The summed E-state index contributed by atoms with van der Waals surface area (Å²) in [6, 6.07) is 15.2. The molecule has 0 radical (unpaired) electrons. The Morgan fingerprint density at radius 3 is 2.62 bits per heavy atom. The van der Waals surface area contributed by atoms with Crippen LogP contribution < -0.4 is 0 Å². The van der Waals surface area contributed by atoms with Gasteiger partial charge in [0.15, 0.2) is 5.16 Å². The number of imidazole rings is 1. The predicted octanol–water partition coefficient (Wildman–Crippen LogP) is 3.72. The largest absolute Gasteiger partial charge is 0.295 e. The van der Waals surface area contributed by atoms with Crippen molar-refractivity contribution in [3.8, 4) is 5.69 Å². The molecule has 0 aliphatic rings. The molecule has 136 valence electrons. The van der Waals surface area contributed by atoms with E-state index < -0.39 is 10.0 Å². The Kier molecular flexibility index (Phi) is 5.50. The summed E-state index contributed by atoms with van der Waals surface area (Å²) in [6.07, 6.45) is 3.72. The van der Waals surface area contributed by atoms with Crippen LogP contribution in [0.5, 0.6) is 0 Å². The predicted molar refractivity (Wildman–Crippen MR) is 105 cm³/mol. The summed E-state index contributed by atoms with van der Waals surface area (Å²) < 4.78 is 27.9. The second kappa shape index (κ2) is 7.65. The molecule has 0 atom stereocenters. The first-order valence-corrected chi connectivity index (χ1v) is 10.6. The third-order valence-electron chi connectivity index (χ3n) is 4.03. The fourth-order valence-electron chi connectivity index (χ4n) is 2.57. The van der Waals surface area contributed by atoms with Gasteiger partial charge in [-0.25, -0.2) is 17.7 Å². The minimum Gasteiger partial charge on any atom is -0.295 e. The fraction of sp³-hybridized carbons (Fsp3) is 0.211. The molecule has 0 aliphatic heterocycles. The van der Waals surface area contributed by atoms with Gasteiger partial charge >= 0.3 is 0 Å². The van der Waals surface area contributed by atoms with E-state index in [4.69, 9.17) is 0 Å². The quantitative estimate of drug-likeness (QED) is 0.605. The van der Waals surface area contributed by atoms with Crippen LogP contribution in [0.3, 0.4) is 0 Å². The summed E-state index contributed by atoms with van der Waals surface area (Å²) in [5.41, 5.74) is 3.21. The number of rotatable bonds is 6. The van der Waals surface area contributed by atoms with Crippen molar-refractivity contribution in [2.75, 3.05) is 14.1 Å². The average molecular weight is 388 g/mol. The third-order valence-corrected chi connectivity index (χ3v) is 6.88. The molecule has 0 fully saturated rings. The minimum atomic E-state index is -3.43. The topological polar surface area (TPSA) is 55.2 Å². The molecule has 7 heteroatoms. The number of sulfonamides is 1. The Morgan fingerprint density at radius 2 is 1.88 bits per heavy atom. The molecule has 0 aliphatic carbocycles. The van der Waals surface area contributed by atoms with E-state index in [9.17, 15) is 8.42 Å². The zero-order valence-electron chi connectivity index (χ0n) is 15.0. The van der Waals surface area contributed by atoms with Gasteiger partial charge in [-0.1, -0.05) is 42.1 Å². The lowest BCUT2D eigenvalue weighted by molar-refractivity contribution is 0.520. The smallest absolute Gasteiger partial charge is 0.242 e. The standard InChI is InChI=1S/C19H21N3O2S2/c1-15-7-4-5-10-18(15)22-12-11-20-19(22)25-14-16-8-6-9-17(13-16)26(23,24)21(2)3/h4-13H,14H2,1-3H3. The maximum atomic E-state index is 12.3. The van der Waals surface area contributed by atoms with Crippen molar-refractivity contribution < 1.29 is 8.42 Å². The molecule has 5 nitrogen and oxygen atoms in total. The first kappa shape index (κ1) is 18.7. The van der Waals surface area contributed by atoms with Gasteiger partial charge in [-0.05, 0) is 36.2 Å². The molecule has 2 aromatic carbocycles. The number of para-hydroxylation sites is 1. The van der Waals surface area contributed by atoms with E-state index in [0.717, 1.165) is 16.4 Å². The van der Waals surface area contributed by atoms with Crippen LogP contribution in [0.4, 0.5) is 0 Å². The van der Waals surface area contributed by atoms with E-state index >= 15 is 0 Å².